The molecule has 0 bridgehead atoms. The standard InChI is InChI=1S/C37H55N5O3/c1-30(31(2)43)18-15-16-28-38-36(44)19-14-12-10-8-6-4-3-5-7-9-11-13-17-29-45-35-26-24-33(25-27-35)32-20-22-34(23-21-32)37-39-41-42-40-37/h20-27,30H,3-19,28-29H2,1-2H3,(H,38,44)(H,39,40,41,42)/t30-/m0/s1. The first-order valence-electron chi connectivity index (χ1n) is 17.4. The van der Waals surface area contributed by atoms with Crippen LogP contribution in [-0.4, -0.2) is 45.5 Å². The Morgan fingerprint density at radius 1 is 0.711 bits per heavy atom. The number of H-pyrrole nitrogens is 1. The molecule has 0 radical (unpaired) electrons. The van der Waals surface area contributed by atoms with E-state index in [0.717, 1.165) is 74.1 Å². The van der Waals surface area contributed by atoms with Crippen LogP contribution in [0.4, 0.5) is 0 Å². The van der Waals surface area contributed by atoms with E-state index in [9.17, 15) is 9.59 Å². The second kappa shape index (κ2) is 22.0. The monoisotopic (exact) mass is 617 g/mol. The van der Waals surface area contributed by atoms with Crippen LogP contribution in [0, 0.1) is 5.92 Å². The molecule has 0 saturated carbocycles. The second-order valence-electron chi connectivity index (χ2n) is 12.4. The Balaban J connectivity index is 1.06. The highest BCUT2D eigenvalue weighted by Gasteiger charge is 2.07. The van der Waals surface area contributed by atoms with Crippen LogP contribution in [0.25, 0.3) is 22.5 Å². The van der Waals surface area contributed by atoms with Crippen molar-refractivity contribution >= 4 is 11.7 Å². The highest BCUT2D eigenvalue weighted by atomic mass is 16.5. The van der Waals surface area contributed by atoms with Crippen molar-refractivity contribution in [3.63, 3.8) is 0 Å². The first kappa shape index (κ1) is 35.9. The van der Waals surface area contributed by atoms with E-state index in [2.05, 4.69) is 50.2 Å². The summed E-state index contributed by atoms with van der Waals surface area (Å²) in [5, 5.41) is 17.2. The summed E-state index contributed by atoms with van der Waals surface area (Å²) >= 11 is 0. The first-order valence-corrected chi connectivity index (χ1v) is 17.4. The fourth-order valence-electron chi connectivity index (χ4n) is 5.46. The Hall–Kier alpha value is -3.55. The van der Waals surface area contributed by atoms with Gasteiger partial charge in [-0.3, -0.25) is 9.59 Å². The van der Waals surface area contributed by atoms with Gasteiger partial charge in [0, 0.05) is 24.4 Å². The van der Waals surface area contributed by atoms with Crippen LogP contribution in [-0.2, 0) is 9.59 Å². The van der Waals surface area contributed by atoms with Gasteiger partial charge in [-0.05, 0) is 61.1 Å². The Labute approximate surface area is 270 Å². The topological polar surface area (TPSA) is 110 Å². The van der Waals surface area contributed by atoms with E-state index in [1.807, 2.05) is 31.2 Å². The zero-order valence-electron chi connectivity index (χ0n) is 27.7. The van der Waals surface area contributed by atoms with Crippen molar-refractivity contribution in [3.05, 3.63) is 48.5 Å². The number of amides is 1. The molecular formula is C37H55N5O3. The van der Waals surface area contributed by atoms with Gasteiger partial charge in [0.15, 0.2) is 0 Å². The van der Waals surface area contributed by atoms with Crippen molar-refractivity contribution in [2.24, 2.45) is 5.92 Å². The third-order valence-electron chi connectivity index (χ3n) is 8.57. The summed E-state index contributed by atoms with van der Waals surface area (Å²) in [4.78, 5) is 23.2. The molecule has 0 unspecified atom stereocenters. The zero-order chi connectivity index (χ0) is 32.0. The summed E-state index contributed by atoms with van der Waals surface area (Å²) in [6.45, 7) is 5.13. The summed E-state index contributed by atoms with van der Waals surface area (Å²) in [5.74, 6) is 2.09. The average Bonchev–Trinajstić information content (AvgIpc) is 3.60. The maximum absolute atomic E-state index is 11.9. The molecule has 246 valence electrons. The van der Waals surface area contributed by atoms with Crippen molar-refractivity contribution in [3.8, 4) is 28.3 Å². The summed E-state index contributed by atoms with van der Waals surface area (Å²) in [7, 11) is 0. The molecular weight excluding hydrogens is 562 g/mol. The number of aromatic amines is 1. The van der Waals surface area contributed by atoms with E-state index >= 15 is 0 Å². The summed E-state index contributed by atoms with van der Waals surface area (Å²) in [5.41, 5.74) is 3.23. The number of carbonyl (C=O) groups is 2. The Kier molecular flexibility index (Phi) is 17.6. The number of Topliss-reactive ketones (excluding diaryl/α,β-unsaturated/α-hetero) is 1. The molecule has 1 aromatic heterocycles. The van der Waals surface area contributed by atoms with Crippen LogP contribution in [0.3, 0.4) is 0 Å². The zero-order valence-corrected chi connectivity index (χ0v) is 27.7. The Bertz CT molecular complexity index is 1200. The van der Waals surface area contributed by atoms with Gasteiger partial charge in [-0.2, -0.15) is 5.21 Å². The molecule has 3 rings (SSSR count). The minimum Gasteiger partial charge on any atom is -0.494 e. The quantitative estimate of drug-likeness (QED) is 0.0919. The van der Waals surface area contributed by atoms with Crippen molar-refractivity contribution in [2.75, 3.05) is 13.2 Å². The second-order valence-corrected chi connectivity index (χ2v) is 12.4. The van der Waals surface area contributed by atoms with Crippen LogP contribution in [0.5, 0.6) is 5.75 Å². The molecule has 1 heterocycles. The van der Waals surface area contributed by atoms with Gasteiger partial charge in [-0.25, -0.2) is 0 Å². The molecule has 0 aliphatic heterocycles. The number of aromatic nitrogens is 4. The van der Waals surface area contributed by atoms with Gasteiger partial charge < -0.3 is 10.1 Å². The van der Waals surface area contributed by atoms with E-state index < -0.39 is 0 Å². The molecule has 2 aromatic carbocycles. The average molecular weight is 618 g/mol. The predicted molar refractivity (Wildman–Crippen MR) is 182 cm³/mol. The van der Waals surface area contributed by atoms with Crippen molar-refractivity contribution in [1.29, 1.82) is 0 Å². The number of ketones is 1. The molecule has 0 spiro atoms. The molecule has 8 nitrogen and oxygen atoms in total. The van der Waals surface area contributed by atoms with Crippen molar-refractivity contribution in [2.45, 2.75) is 123 Å². The highest BCUT2D eigenvalue weighted by Crippen LogP contribution is 2.25. The van der Waals surface area contributed by atoms with Crippen LogP contribution in [0.2, 0.25) is 0 Å². The van der Waals surface area contributed by atoms with Crippen LogP contribution >= 0.6 is 0 Å². The number of ether oxygens (including phenoxy) is 1. The number of hydrogen-bond acceptors (Lipinski definition) is 6. The van der Waals surface area contributed by atoms with E-state index in [1.165, 1.54) is 64.2 Å². The lowest BCUT2D eigenvalue weighted by atomic mass is 10.0. The fourth-order valence-corrected chi connectivity index (χ4v) is 5.46. The molecule has 1 atom stereocenters. The van der Waals surface area contributed by atoms with Crippen LogP contribution < -0.4 is 10.1 Å². The molecule has 0 aliphatic rings. The summed E-state index contributed by atoms with van der Waals surface area (Å²) in [6.07, 6.45) is 19.8. The number of nitrogens with one attached hydrogen (secondary N) is 2. The van der Waals surface area contributed by atoms with Crippen molar-refractivity contribution < 1.29 is 14.3 Å². The van der Waals surface area contributed by atoms with Gasteiger partial charge in [0.2, 0.25) is 11.7 Å². The molecule has 0 aliphatic carbocycles. The van der Waals surface area contributed by atoms with Gasteiger partial charge in [0.1, 0.15) is 11.5 Å². The molecule has 0 fully saturated rings. The third kappa shape index (κ3) is 15.3. The summed E-state index contributed by atoms with van der Waals surface area (Å²) in [6, 6.07) is 16.4. The number of carbonyl (C=O) groups excluding carboxylic acids is 2. The maximum atomic E-state index is 11.9. The fraction of sp³-hybridized carbons (Fsp3) is 0.595. The smallest absolute Gasteiger partial charge is 0.219 e. The van der Waals surface area contributed by atoms with Gasteiger partial charge in [-0.1, -0.05) is 120 Å². The van der Waals surface area contributed by atoms with E-state index in [-0.39, 0.29) is 17.6 Å². The normalized spacial score (nSPS) is 11.8. The number of rotatable bonds is 25. The molecule has 45 heavy (non-hydrogen) atoms. The predicted octanol–water partition coefficient (Wildman–Crippen LogP) is 8.89. The first-order chi connectivity index (χ1) is 22.0. The molecule has 0 saturated heterocycles. The van der Waals surface area contributed by atoms with Gasteiger partial charge in [0.25, 0.3) is 0 Å². The molecule has 1 amide bonds. The minimum absolute atomic E-state index is 0.141. The Morgan fingerprint density at radius 2 is 1.24 bits per heavy atom. The van der Waals surface area contributed by atoms with Crippen molar-refractivity contribution in [1.82, 2.24) is 25.9 Å². The SMILES string of the molecule is CC(=O)[C@@H](C)CCCCNC(=O)CCCCCCCCCCCCCCCOc1ccc(-c2ccc(-c3nn[nH]n3)cc2)cc1. The van der Waals surface area contributed by atoms with Gasteiger partial charge >= 0.3 is 0 Å². The van der Waals surface area contributed by atoms with Crippen LogP contribution in [0.15, 0.2) is 48.5 Å². The van der Waals surface area contributed by atoms with E-state index in [0.29, 0.717) is 12.2 Å². The lowest BCUT2D eigenvalue weighted by molar-refractivity contribution is -0.122. The maximum Gasteiger partial charge on any atom is 0.219 e. The van der Waals surface area contributed by atoms with Crippen LogP contribution in [0.1, 0.15) is 123 Å². The van der Waals surface area contributed by atoms with Gasteiger partial charge in [-0.15, -0.1) is 10.2 Å². The number of nitrogens with zero attached hydrogens (tertiary/aromatic N) is 3. The number of hydrogen-bond donors (Lipinski definition) is 2. The number of tetrazole rings is 1. The molecule has 3 aromatic rings. The third-order valence-corrected chi connectivity index (χ3v) is 8.57. The Morgan fingerprint density at radius 3 is 1.80 bits per heavy atom. The lowest BCUT2D eigenvalue weighted by Gasteiger charge is -2.08. The largest absolute Gasteiger partial charge is 0.494 e. The summed E-state index contributed by atoms with van der Waals surface area (Å²) < 4.78 is 5.96. The van der Waals surface area contributed by atoms with Gasteiger partial charge in [0.05, 0.1) is 6.61 Å². The van der Waals surface area contributed by atoms with E-state index in [1.54, 1.807) is 6.92 Å². The number of unbranched alkanes of at least 4 members (excludes halogenated alkanes) is 13. The molecule has 8 heteroatoms. The van der Waals surface area contributed by atoms with E-state index in [4.69, 9.17) is 4.74 Å². The molecule has 2 N–H and O–H groups in total. The lowest BCUT2D eigenvalue weighted by Crippen LogP contribution is -2.24. The highest BCUT2D eigenvalue weighted by molar-refractivity contribution is 5.77. The number of benzene rings is 2. The minimum atomic E-state index is 0.141.